The Hall–Kier alpha value is -0.380. The third-order valence-electron chi connectivity index (χ3n) is 10.9. The normalized spacial score (nSPS) is 45.4. The summed E-state index contributed by atoms with van der Waals surface area (Å²) in [5, 5.41) is 25.1. The van der Waals surface area contributed by atoms with Gasteiger partial charge in [-0.1, -0.05) is 59.1 Å². The molecule has 0 amide bonds. The molecular weight excluding hydrogens is 394 g/mol. The molecular formula is C29H51NO2. The third kappa shape index (κ3) is 4.36. The molecule has 3 fully saturated rings. The molecule has 0 heterocycles. The van der Waals surface area contributed by atoms with Crippen LogP contribution in [0.4, 0.5) is 0 Å². The average Bonchev–Trinajstić information content (AvgIpc) is 3.02. The van der Waals surface area contributed by atoms with Crippen LogP contribution < -0.4 is 5.32 Å². The van der Waals surface area contributed by atoms with E-state index in [-0.39, 0.29) is 12.2 Å². The van der Waals surface area contributed by atoms with Crippen LogP contribution in [0.25, 0.3) is 0 Å². The van der Waals surface area contributed by atoms with Gasteiger partial charge in [-0.15, -0.1) is 0 Å². The average molecular weight is 446 g/mol. The smallest absolute Gasteiger partial charge is 0.0579 e. The van der Waals surface area contributed by atoms with E-state index in [0.29, 0.717) is 28.6 Å². The maximum atomic E-state index is 11.3. The van der Waals surface area contributed by atoms with Crippen molar-refractivity contribution < 1.29 is 10.2 Å². The highest BCUT2D eigenvalue weighted by Gasteiger charge is 2.61. The van der Waals surface area contributed by atoms with Gasteiger partial charge in [0.05, 0.1) is 12.2 Å². The molecule has 0 radical (unpaired) electrons. The zero-order chi connectivity index (χ0) is 23.1. The molecule has 3 N–H and O–H groups in total. The van der Waals surface area contributed by atoms with E-state index in [1.54, 1.807) is 5.57 Å². The van der Waals surface area contributed by atoms with Crippen LogP contribution in [-0.2, 0) is 0 Å². The maximum Gasteiger partial charge on any atom is 0.0579 e. The van der Waals surface area contributed by atoms with Crippen molar-refractivity contribution in [3.8, 4) is 0 Å². The van der Waals surface area contributed by atoms with Crippen molar-refractivity contribution in [2.45, 2.75) is 111 Å². The summed E-state index contributed by atoms with van der Waals surface area (Å²) in [6.07, 6.45) is 13.9. The fourth-order valence-electron chi connectivity index (χ4n) is 9.18. The number of rotatable bonds is 8. The van der Waals surface area contributed by atoms with Crippen molar-refractivity contribution in [1.82, 2.24) is 5.32 Å². The molecule has 10 unspecified atom stereocenters. The Labute approximate surface area is 197 Å². The van der Waals surface area contributed by atoms with Crippen LogP contribution in [0.5, 0.6) is 0 Å². The van der Waals surface area contributed by atoms with Crippen LogP contribution >= 0.6 is 0 Å². The molecule has 0 aliphatic heterocycles. The molecule has 10 atom stereocenters. The van der Waals surface area contributed by atoms with Crippen LogP contribution in [0.15, 0.2) is 11.6 Å². The lowest BCUT2D eigenvalue weighted by Crippen LogP contribution is -2.51. The van der Waals surface area contributed by atoms with E-state index in [2.05, 4.69) is 46.0 Å². The van der Waals surface area contributed by atoms with Crippen molar-refractivity contribution in [1.29, 1.82) is 0 Å². The second kappa shape index (κ2) is 9.70. The van der Waals surface area contributed by atoms with E-state index in [4.69, 9.17) is 0 Å². The molecule has 184 valence electrons. The molecule has 3 saturated carbocycles. The minimum Gasteiger partial charge on any atom is -0.393 e. The summed E-state index contributed by atoms with van der Waals surface area (Å²) >= 11 is 0. The predicted molar refractivity (Wildman–Crippen MR) is 133 cm³/mol. The van der Waals surface area contributed by atoms with Crippen LogP contribution in [0.1, 0.15) is 98.8 Å². The minimum absolute atomic E-state index is 0.121. The van der Waals surface area contributed by atoms with Gasteiger partial charge >= 0.3 is 0 Å². The van der Waals surface area contributed by atoms with Crippen molar-refractivity contribution >= 4 is 0 Å². The van der Waals surface area contributed by atoms with Gasteiger partial charge in [-0.05, 0) is 111 Å². The first-order valence-corrected chi connectivity index (χ1v) is 14.0. The summed E-state index contributed by atoms with van der Waals surface area (Å²) in [6, 6.07) is 0. The van der Waals surface area contributed by atoms with Gasteiger partial charge in [-0.2, -0.15) is 0 Å². The van der Waals surface area contributed by atoms with Gasteiger partial charge in [0, 0.05) is 0 Å². The lowest BCUT2D eigenvalue weighted by atomic mass is 9.47. The zero-order valence-corrected chi connectivity index (χ0v) is 21.6. The second-order valence-corrected chi connectivity index (χ2v) is 12.9. The van der Waals surface area contributed by atoms with Gasteiger partial charge in [-0.25, -0.2) is 0 Å². The molecule has 32 heavy (non-hydrogen) atoms. The molecule has 4 rings (SSSR count). The largest absolute Gasteiger partial charge is 0.393 e. The fourth-order valence-corrected chi connectivity index (χ4v) is 9.18. The highest BCUT2D eigenvalue weighted by atomic mass is 16.3. The molecule has 0 spiro atoms. The summed E-state index contributed by atoms with van der Waals surface area (Å²) in [5.41, 5.74) is 2.14. The number of hydrogen-bond donors (Lipinski definition) is 3. The Balaban J connectivity index is 1.43. The van der Waals surface area contributed by atoms with E-state index < -0.39 is 0 Å². The van der Waals surface area contributed by atoms with E-state index in [9.17, 15) is 10.2 Å². The first-order valence-electron chi connectivity index (χ1n) is 14.0. The van der Waals surface area contributed by atoms with Crippen molar-refractivity contribution in [2.75, 3.05) is 13.1 Å². The molecule has 0 aromatic carbocycles. The lowest BCUT2D eigenvalue weighted by Gasteiger charge is -2.58. The topological polar surface area (TPSA) is 52.5 Å². The van der Waals surface area contributed by atoms with Crippen molar-refractivity contribution in [2.24, 2.45) is 46.3 Å². The summed E-state index contributed by atoms with van der Waals surface area (Å²) < 4.78 is 0. The van der Waals surface area contributed by atoms with Gasteiger partial charge < -0.3 is 15.5 Å². The Kier molecular flexibility index (Phi) is 7.50. The maximum absolute atomic E-state index is 11.3. The molecule has 0 bridgehead atoms. The van der Waals surface area contributed by atoms with E-state index in [1.165, 1.54) is 38.5 Å². The Morgan fingerprint density at radius 3 is 2.62 bits per heavy atom. The number of fused-ring (bicyclic) bond motifs is 5. The van der Waals surface area contributed by atoms with Gasteiger partial charge in [-0.3, -0.25) is 0 Å². The monoisotopic (exact) mass is 445 g/mol. The van der Waals surface area contributed by atoms with Gasteiger partial charge in [0.15, 0.2) is 0 Å². The lowest BCUT2D eigenvalue weighted by molar-refractivity contribution is -0.0620. The quantitative estimate of drug-likeness (QED) is 0.405. The van der Waals surface area contributed by atoms with Crippen LogP contribution in [0.3, 0.4) is 0 Å². The first-order chi connectivity index (χ1) is 15.2. The first kappa shape index (κ1) is 24.7. The van der Waals surface area contributed by atoms with Gasteiger partial charge in [0.2, 0.25) is 0 Å². The molecule has 3 heteroatoms. The Bertz CT molecular complexity index is 676. The SMILES string of the molecule is CCNCC(C)CCCC(C)C1C(O)CC2C3CC=C4CC(O)CCC4(C)C3CCC21C. The van der Waals surface area contributed by atoms with E-state index in [1.807, 2.05) is 0 Å². The number of nitrogens with one attached hydrogen (secondary N) is 1. The summed E-state index contributed by atoms with van der Waals surface area (Å²) in [5.74, 6) is 3.96. The standard InChI is InChI=1S/C29H51NO2/c1-6-30-18-19(2)8-7-9-20(3)27-26(32)17-25-23-11-10-21-16-22(31)12-14-28(21,4)24(23)13-15-29(25,27)5/h10,19-20,22-27,30-32H,6-9,11-18H2,1-5H3. The minimum atomic E-state index is -0.126. The molecule has 4 aliphatic carbocycles. The molecule has 3 nitrogen and oxygen atoms in total. The van der Waals surface area contributed by atoms with Crippen LogP contribution in [0, 0.1) is 46.3 Å². The van der Waals surface area contributed by atoms with Crippen molar-refractivity contribution in [3.63, 3.8) is 0 Å². The Morgan fingerprint density at radius 1 is 1.09 bits per heavy atom. The highest BCUT2D eigenvalue weighted by Crippen LogP contribution is 2.67. The van der Waals surface area contributed by atoms with E-state index >= 15 is 0 Å². The van der Waals surface area contributed by atoms with Crippen LogP contribution in [-0.4, -0.2) is 35.5 Å². The second-order valence-electron chi connectivity index (χ2n) is 12.9. The number of allylic oxidation sites excluding steroid dienone is 1. The van der Waals surface area contributed by atoms with E-state index in [0.717, 1.165) is 56.5 Å². The highest BCUT2D eigenvalue weighted by molar-refractivity contribution is 5.25. The van der Waals surface area contributed by atoms with Crippen LogP contribution in [0.2, 0.25) is 0 Å². The van der Waals surface area contributed by atoms with Gasteiger partial charge in [0.1, 0.15) is 0 Å². The third-order valence-corrected chi connectivity index (χ3v) is 10.9. The summed E-state index contributed by atoms with van der Waals surface area (Å²) in [6.45, 7) is 14.2. The Morgan fingerprint density at radius 2 is 1.88 bits per heavy atom. The molecule has 4 aliphatic rings. The summed E-state index contributed by atoms with van der Waals surface area (Å²) in [4.78, 5) is 0. The fraction of sp³-hybridized carbons (Fsp3) is 0.931. The predicted octanol–water partition coefficient (Wildman–Crippen LogP) is 5.95. The van der Waals surface area contributed by atoms with Crippen molar-refractivity contribution in [3.05, 3.63) is 11.6 Å². The molecule has 0 aromatic heterocycles. The number of hydrogen-bond acceptors (Lipinski definition) is 3. The summed E-state index contributed by atoms with van der Waals surface area (Å²) in [7, 11) is 0. The van der Waals surface area contributed by atoms with Gasteiger partial charge in [0.25, 0.3) is 0 Å². The molecule has 0 aromatic rings. The zero-order valence-electron chi connectivity index (χ0n) is 21.6. The number of aliphatic hydroxyl groups is 2. The number of aliphatic hydroxyl groups excluding tert-OH is 2. The molecule has 0 saturated heterocycles.